The molecule has 0 spiro atoms. The second-order valence-corrected chi connectivity index (χ2v) is 6.44. The smallest absolute Gasteiger partial charge is 0.223 e. The number of hydrogen-bond acceptors (Lipinski definition) is 4. The van der Waals surface area contributed by atoms with Crippen molar-refractivity contribution in [2.45, 2.75) is 26.3 Å². The minimum atomic E-state index is -0.639. The number of methoxy groups -OCH3 is 1. The molecule has 1 unspecified atom stereocenters. The third-order valence-corrected chi connectivity index (χ3v) is 3.95. The minimum absolute atomic E-state index is 0.267. The number of carbonyl (C=O) groups excluding carboxylic acids is 1. The van der Waals surface area contributed by atoms with Crippen LogP contribution in [0.5, 0.6) is 5.75 Å². The van der Waals surface area contributed by atoms with Gasteiger partial charge in [-0.25, -0.2) is 0 Å². The molecular weight excluding hydrogens is 336 g/mol. The van der Waals surface area contributed by atoms with E-state index in [4.69, 9.17) is 20.9 Å². The van der Waals surface area contributed by atoms with Gasteiger partial charge in [0.15, 0.2) is 0 Å². The summed E-state index contributed by atoms with van der Waals surface area (Å²) >= 11 is 3.46. The van der Waals surface area contributed by atoms with E-state index in [-0.39, 0.29) is 11.9 Å². The summed E-state index contributed by atoms with van der Waals surface area (Å²) in [5.74, 6) is 0.383. The minimum Gasteiger partial charge on any atom is -0.490 e. The number of carbonyl (C=O) groups is 1. The van der Waals surface area contributed by atoms with Crippen molar-refractivity contribution in [3.05, 3.63) is 28.2 Å². The number of halogens is 1. The summed E-state index contributed by atoms with van der Waals surface area (Å²) in [6.45, 7) is 4.61. The van der Waals surface area contributed by atoms with E-state index in [2.05, 4.69) is 15.9 Å². The molecule has 1 amide bonds. The van der Waals surface area contributed by atoms with E-state index in [0.29, 0.717) is 19.6 Å². The molecule has 0 aliphatic carbocycles. The Morgan fingerprint density at radius 3 is 2.57 bits per heavy atom. The Kier molecular flexibility index (Phi) is 6.64. The molecule has 118 valence electrons. The molecule has 6 heteroatoms. The molecule has 0 saturated heterocycles. The number of benzene rings is 1. The zero-order valence-corrected chi connectivity index (χ0v) is 14.3. The van der Waals surface area contributed by atoms with E-state index in [1.54, 1.807) is 21.0 Å². The molecule has 0 heterocycles. The fourth-order valence-corrected chi connectivity index (χ4v) is 2.38. The van der Waals surface area contributed by atoms with Crippen LogP contribution in [0.15, 0.2) is 22.7 Å². The first-order valence-electron chi connectivity index (χ1n) is 6.74. The lowest BCUT2D eigenvalue weighted by Gasteiger charge is -2.25. The second-order valence-electron chi connectivity index (χ2n) is 5.59. The molecule has 5 nitrogen and oxygen atoms in total. The zero-order chi connectivity index (χ0) is 16.0. The number of rotatable bonds is 8. The first-order chi connectivity index (χ1) is 9.77. The van der Waals surface area contributed by atoms with E-state index in [1.165, 1.54) is 0 Å². The largest absolute Gasteiger partial charge is 0.490 e. The molecular formula is C15H23BrN2O3. The van der Waals surface area contributed by atoms with E-state index < -0.39 is 5.41 Å². The summed E-state index contributed by atoms with van der Waals surface area (Å²) in [5, 5.41) is 0. The van der Waals surface area contributed by atoms with Crippen LogP contribution in [0.3, 0.4) is 0 Å². The van der Waals surface area contributed by atoms with Gasteiger partial charge in [0.2, 0.25) is 5.91 Å². The molecule has 0 radical (unpaired) electrons. The van der Waals surface area contributed by atoms with Crippen molar-refractivity contribution in [1.29, 1.82) is 0 Å². The van der Waals surface area contributed by atoms with Crippen LogP contribution in [-0.4, -0.2) is 26.2 Å². The third kappa shape index (κ3) is 5.30. The zero-order valence-electron chi connectivity index (χ0n) is 12.7. The Labute approximate surface area is 134 Å². The number of hydrogen-bond donors (Lipinski definition) is 2. The van der Waals surface area contributed by atoms with Gasteiger partial charge in [0.1, 0.15) is 12.4 Å². The van der Waals surface area contributed by atoms with Gasteiger partial charge in [-0.2, -0.15) is 0 Å². The summed E-state index contributed by atoms with van der Waals surface area (Å²) in [7, 11) is 1.63. The Bertz CT molecular complexity index is 492. The summed E-state index contributed by atoms with van der Waals surface area (Å²) in [5.41, 5.74) is 11.8. The molecule has 0 aliphatic heterocycles. The number of nitrogens with two attached hydrogens (primary N) is 2. The third-order valence-electron chi connectivity index (χ3n) is 3.33. The Hall–Kier alpha value is -1.11. The first kappa shape index (κ1) is 17.9. The predicted octanol–water partition coefficient (Wildman–Crippen LogP) is 2.38. The fourth-order valence-electron chi connectivity index (χ4n) is 1.87. The van der Waals surface area contributed by atoms with Gasteiger partial charge in [-0.3, -0.25) is 4.79 Å². The Balaban J connectivity index is 2.76. The van der Waals surface area contributed by atoms with Gasteiger partial charge < -0.3 is 20.9 Å². The topological polar surface area (TPSA) is 87.6 Å². The molecule has 4 N–H and O–H groups in total. The van der Waals surface area contributed by atoms with E-state index in [9.17, 15) is 4.79 Å². The lowest BCUT2D eigenvalue weighted by molar-refractivity contribution is -0.126. The van der Waals surface area contributed by atoms with Crippen LogP contribution in [0.25, 0.3) is 0 Å². The molecule has 0 aromatic heterocycles. The summed E-state index contributed by atoms with van der Waals surface area (Å²) < 4.78 is 11.3. The van der Waals surface area contributed by atoms with E-state index >= 15 is 0 Å². The van der Waals surface area contributed by atoms with Gasteiger partial charge in [0.25, 0.3) is 0 Å². The Morgan fingerprint density at radius 1 is 1.38 bits per heavy atom. The standard InChI is InChI=1S/C15H23BrN2O3/c1-15(2,14(18)19)9-12(17)10-4-5-13(11(16)8-10)21-7-6-20-3/h4-5,8,12H,6-7,9,17H2,1-3H3,(H2,18,19). The van der Waals surface area contributed by atoms with E-state index in [0.717, 1.165) is 15.8 Å². The highest BCUT2D eigenvalue weighted by molar-refractivity contribution is 9.10. The predicted molar refractivity (Wildman–Crippen MR) is 86.0 cm³/mol. The van der Waals surface area contributed by atoms with Crippen LogP contribution in [-0.2, 0) is 9.53 Å². The normalized spacial score (nSPS) is 13.0. The number of amides is 1. The lowest BCUT2D eigenvalue weighted by Crippen LogP contribution is -2.34. The molecule has 1 rings (SSSR count). The molecule has 0 fully saturated rings. The molecule has 21 heavy (non-hydrogen) atoms. The van der Waals surface area contributed by atoms with Gasteiger partial charge in [-0.15, -0.1) is 0 Å². The highest BCUT2D eigenvalue weighted by Gasteiger charge is 2.28. The van der Waals surface area contributed by atoms with Gasteiger partial charge in [-0.1, -0.05) is 19.9 Å². The maximum atomic E-state index is 11.4. The maximum absolute atomic E-state index is 11.4. The van der Waals surface area contributed by atoms with Crippen molar-refractivity contribution < 1.29 is 14.3 Å². The summed E-state index contributed by atoms with van der Waals surface area (Å²) in [4.78, 5) is 11.4. The molecule has 1 aromatic rings. The van der Waals surface area contributed by atoms with Crippen molar-refractivity contribution in [1.82, 2.24) is 0 Å². The van der Waals surface area contributed by atoms with Gasteiger partial charge in [0.05, 0.1) is 11.1 Å². The van der Waals surface area contributed by atoms with Crippen LogP contribution >= 0.6 is 15.9 Å². The molecule has 0 saturated carbocycles. The average Bonchev–Trinajstić information content (AvgIpc) is 2.40. The molecule has 0 bridgehead atoms. The highest BCUT2D eigenvalue weighted by Crippen LogP contribution is 2.32. The van der Waals surface area contributed by atoms with Crippen molar-refractivity contribution in [3.63, 3.8) is 0 Å². The summed E-state index contributed by atoms with van der Waals surface area (Å²) in [6.07, 6.45) is 0.485. The molecule has 1 aromatic carbocycles. The van der Waals surface area contributed by atoms with E-state index in [1.807, 2.05) is 18.2 Å². The van der Waals surface area contributed by atoms with Crippen LogP contribution in [0.2, 0.25) is 0 Å². The SMILES string of the molecule is COCCOc1ccc(C(N)CC(C)(C)C(N)=O)cc1Br. The van der Waals surface area contributed by atoms with Crippen LogP contribution < -0.4 is 16.2 Å². The monoisotopic (exact) mass is 358 g/mol. The van der Waals surface area contributed by atoms with Crippen molar-refractivity contribution in [3.8, 4) is 5.75 Å². The van der Waals surface area contributed by atoms with Gasteiger partial charge in [-0.05, 0) is 40.0 Å². The maximum Gasteiger partial charge on any atom is 0.223 e. The second kappa shape index (κ2) is 7.77. The molecule has 1 atom stereocenters. The quantitative estimate of drug-likeness (QED) is 0.698. The summed E-state index contributed by atoms with van der Waals surface area (Å²) in [6, 6.07) is 5.39. The molecule has 0 aliphatic rings. The number of ether oxygens (including phenoxy) is 2. The fraction of sp³-hybridized carbons (Fsp3) is 0.533. The van der Waals surface area contributed by atoms with Gasteiger partial charge >= 0.3 is 0 Å². The Morgan fingerprint density at radius 2 is 2.05 bits per heavy atom. The number of primary amides is 1. The van der Waals surface area contributed by atoms with Crippen molar-refractivity contribution in [2.75, 3.05) is 20.3 Å². The highest BCUT2D eigenvalue weighted by atomic mass is 79.9. The lowest BCUT2D eigenvalue weighted by atomic mass is 9.83. The van der Waals surface area contributed by atoms with Crippen LogP contribution in [0, 0.1) is 5.41 Å². The first-order valence-corrected chi connectivity index (χ1v) is 7.54. The van der Waals surface area contributed by atoms with Crippen molar-refractivity contribution in [2.24, 2.45) is 16.9 Å². The van der Waals surface area contributed by atoms with Crippen LogP contribution in [0.4, 0.5) is 0 Å². The van der Waals surface area contributed by atoms with Crippen LogP contribution in [0.1, 0.15) is 31.9 Å². The van der Waals surface area contributed by atoms with Gasteiger partial charge in [0, 0.05) is 18.6 Å². The van der Waals surface area contributed by atoms with Crippen molar-refractivity contribution >= 4 is 21.8 Å². The average molecular weight is 359 g/mol.